The van der Waals surface area contributed by atoms with Crippen molar-refractivity contribution in [1.29, 1.82) is 0 Å². The van der Waals surface area contributed by atoms with E-state index < -0.39 is 5.92 Å². The lowest BCUT2D eigenvalue weighted by atomic mass is 9.90. The van der Waals surface area contributed by atoms with Crippen molar-refractivity contribution in [2.24, 2.45) is 4.99 Å². The fraction of sp³-hybridized carbons (Fsp3) is 0.200. The van der Waals surface area contributed by atoms with E-state index in [0.717, 1.165) is 34.8 Å². The summed E-state index contributed by atoms with van der Waals surface area (Å²) in [5, 5.41) is 6.96. The summed E-state index contributed by atoms with van der Waals surface area (Å²) in [7, 11) is 0. The lowest BCUT2D eigenvalue weighted by molar-refractivity contribution is -0.115. The number of amides is 1. The van der Waals surface area contributed by atoms with E-state index in [1.54, 1.807) is 6.07 Å². The molecule has 2 N–H and O–H groups in total. The van der Waals surface area contributed by atoms with Crippen LogP contribution in [0, 0.1) is 0 Å². The highest BCUT2D eigenvalue weighted by Gasteiger charge is 2.35. The summed E-state index contributed by atoms with van der Waals surface area (Å²) in [6, 6.07) is 23.9. The van der Waals surface area contributed by atoms with Crippen molar-refractivity contribution in [3.63, 3.8) is 0 Å². The number of benzene rings is 3. The molecule has 1 atom stereocenters. The summed E-state index contributed by atoms with van der Waals surface area (Å²) in [5.41, 5.74) is 5.30. The lowest BCUT2D eigenvalue weighted by Crippen LogP contribution is -2.22. The molecule has 1 unspecified atom stereocenters. The third kappa shape index (κ3) is 4.45. The third-order valence-corrected chi connectivity index (χ3v) is 5.32. The Bertz CT molecular complexity index is 1080. The van der Waals surface area contributed by atoms with Crippen LogP contribution in [0.4, 0.5) is 11.4 Å². The monoisotopic (exact) mass is 417 g/mol. The van der Waals surface area contributed by atoms with Crippen molar-refractivity contribution >= 4 is 34.6 Å². The normalized spacial score (nSPS) is 15.9. The molecule has 1 heterocycles. The maximum absolute atomic E-state index is 12.9. The summed E-state index contributed by atoms with van der Waals surface area (Å²) < 4.78 is 0. The van der Waals surface area contributed by atoms with Crippen LogP contribution < -0.4 is 10.6 Å². The Morgan fingerprint density at radius 3 is 2.50 bits per heavy atom. The van der Waals surface area contributed by atoms with Crippen LogP contribution >= 0.6 is 11.6 Å². The molecule has 4 nitrogen and oxygen atoms in total. The molecule has 1 aliphatic heterocycles. The molecular formula is C25H24ClN3O. The van der Waals surface area contributed by atoms with E-state index >= 15 is 0 Å². The lowest BCUT2D eigenvalue weighted by Gasteiger charge is -2.14. The Morgan fingerprint density at radius 2 is 1.80 bits per heavy atom. The first-order chi connectivity index (χ1) is 14.5. The van der Waals surface area contributed by atoms with Crippen molar-refractivity contribution < 1.29 is 4.79 Å². The van der Waals surface area contributed by atoms with Crippen LogP contribution in [-0.4, -0.2) is 17.7 Å². The topological polar surface area (TPSA) is 53.5 Å². The summed E-state index contributed by atoms with van der Waals surface area (Å²) >= 11 is 6.12. The highest BCUT2D eigenvalue weighted by molar-refractivity contribution is 6.31. The highest BCUT2D eigenvalue weighted by Crippen LogP contribution is 2.37. The predicted octanol–water partition coefficient (Wildman–Crippen LogP) is 5.69. The number of anilines is 1. The average Bonchev–Trinajstić information content (AvgIpc) is 3.06. The van der Waals surface area contributed by atoms with Gasteiger partial charge in [-0.2, -0.15) is 0 Å². The molecule has 0 aliphatic carbocycles. The van der Waals surface area contributed by atoms with Gasteiger partial charge in [-0.3, -0.25) is 9.79 Å². The first-order valence-electron chi connectivity index (χ1n) is 10.1. The summed E-state index contributed by atoms with van der Waals surface area (Å²) in [6.07, 6.45) is 0. The minimum Gasteiger partial charge on any atom is -0.325 e. The number of hydrogen-bond donors (Lipinski definition) is 2. The van der Waals surface area contributed by atoms with E-state index in [1.807, 2.05) is 54.6 Å². The van der Waals surface area contributed by atoms with Gasteiger partial charge in [-0.05, 0) is 41.0 Å². The Labute approximate surface area is 182 Å². The summed E-state index contributed by atoms with van der Waals surface area (Å²) in [4.78, 5) is 17.8. The van der Waals surface area contributed by atoms with Crippen molar-refractivity contribution in [2.75, 3.05) is 5.32 Å². The van der Waals surface area contributed by atoms with E-state index in [1.165, 1.54) is 5.56 Å². The molecule has 5 heteroatoms. The highest BCUT2D eigenvalue weighted by atomic mass is 35.5. The Kier molecular flexibility index (Phi) is 5.98. The number of carbonyl (C=O) groups excluding carboxylic acids is 1. The van der Waals surface area contributed by atoms with Gasteiger partial charge in [0.15, 0.2) is 0 Å². The molecule has 0 saturated carbocycles. The molecule has 4 rings (SSSR count). The predicted molar refractivity (Wildman–Crippen MR) is 124 cm³/mol. The molecule has 0 spiro atoms. The Hall–Kier alpha value is -2.95. The SMILES string of the molecule is CC(C)NCc1ccc(N=C(c2ccccc2)C2C(=O)Nc3cc(Cl)ccc32)cc1. The van der Waals surface area contributed by atoms with Gasteiger partial charge in [0, 0.05) is 23.3 Å². The van der Waals surface area contributed by atoms with Crippen molar-refractivity contribution in [3.05, 3.63) is 94.5 Å². The number of fused-ring (bicyclic) bond motifs is 1. The van der Waals surface area contributed by atoms with Gasteiger partial charge in [-0.15, -0.1) is 0 Å². The van der Waals surface area contributed by atoms with E-state index in [2.05, 4.69) is 36.6 Å². The zero-order chi connectivity index (χ0) is 21.1. The second-order valence-corrected chi connectivity index (χ2v) is 8.16. The molecule has 3 aromatic carbocycles. The molecule has 0 aromatic heterocycles. The number of aliphatic imine (C=N–C) groups is 1. The van der Waals surface area contributed by atoms with Crippen LogP contribution in [0.1, 0.15) is 36.5 Å². The number of halogens is 1. The molecule has 1 amide bonds. The van der Waals surface area contributed by atoms with Gasteiger partial charge in [0.2, 0.25) is 5.91 Å². The number of hydrogen-bond acceptors (Lipinski definition) is 3. The maximum atomic E-state index is 12.9. The molecule has 0 bridgehead atoms. The molecule has 30 heavy (non-hydrogen) atoms. The fourth-order valence-corrected chi connectivity index (χ4v) is 3.73. The van der Waals surface area contributed by atoms with E-state index in [9.17, 15) is 4.79 Å². The smallest absolute Gasteiger partial charge is 0.238 e. The summed E-state index contributed by atoms with van der Waals surface area (Å²) in [5.74, 6) is -0.574. The van der Waals surface area contributed by atoms with Gasteiger partial charge in [0.05, 0.1) is 11.4 Å². The average molecular weight is 418 g/mol. The van der Waals surface area contributed by atoms with E-state index in [0.29, 0.717) is 11.1 Å². The van der Waals surface area contributed by atoms with Crippen LogP contribution in [0.2, 0.25) is 5.02 Å². The maximum Gasteiger partial charge on any atom is 0.238 e. The largest absolute Gasteiger partial charge is 0.325 e. The van der Waals surface area contributed by atoms with E-state index in [4.69, 9.17) is 16.6 Å². The first-order valence-corrected chi connectivity index (χ1v) is 10.5. The van der Waals surface area contributed by atoms with Crippen LogP contribution in [0.25, 0.3) is 0 Å². The number of nitrogens with one attached hydrogen (secondary N) is 2. The second kappa shape index (κ2) is 8.82. The van der Waals surface area contributed by atoms with Gasteiger partial charge < -0.3 is 10.6 Å². The quantitative estimate of drug-likeness (QED) is 0.506. The van der Waals surface area contributed by atoms with Crippen LogP contribution in [0.15, 0.2) is 77.8 Å². The molecule has 0 fully saturated rings. The number of carbonyl (C=O) groups is 1. The zero-order valence-corrected chi connectivity index (χ0v) is 17.8. The first kappa shape index (κ1) is 20.3. The molecule has 0 radical (unpaired) electrons. The molecule has 1 aliphatic rings. The van der Waals surface area contributed by atoms with Crippen LogP contribution in [0.5, 0.6) is 0 Å². The van der Waals surface area contributed by atoms with Gasteiger partial charge in [0.25, 0.3) is 0 Å². The van der Waals surface area contributed by atoms with Crippen molar-refractivity contribution in [3.8, 4) is 0 Å². The van der Waals surface area contributed by atoms with Crippen molar-refractivity contribution in [1.82, 2.24) is 5.32 Å². The molecular weight excluding hydrogens is 394 g/mol. The fourth-order valence-electron chi connectivity index (χ4n) is 3.56. The Balaban J connectivity index is 1.73. The molecule has 3 aromatic rings. The minimum atomic E-state index is -0.484. The third-order valence-electron chi connectivity index (χ3n) is 5.09. The van der Waals surface area contributed by atoms with E-state index in [-0.39, 0.29) is 5.91 Å². The van der Waals surface area contributed by atoms with Gasteiger partial charge in [-0.1, -0.05) is 74.0 Å². The minimum absolute atomic E-state index is 0.0902. The summed E-state index contributed by atoms with van der Waals surface area (Å²) in [6.45, 7) is 5.07. The van der Waals surface area contributed by atoms with Crippen LogP contribution in [-0.2, 0) is 11.3 Å². The number of nitrogens with zero attached hydrogens (tertiary/aromatic N) is 1. The molecule has 152 valence electrons. The number of rotatable bonds is 6. The van der Waals surface area contributed by atoms with Gasteiger partial charge in [-0.25, -0.2) is 0 Å². The van der Waals surface area contributed by atoms with Gasteiger partial charge in [0.1, 0.15) is 5.92 Å². The molecule has 0 saturated heterocycles. The second-order valence-electron chi connectivity index (χ2n) is 7.72. The standard InChI is InChI=1S/C25H24ClN3O/c1-16(2)27-15-17-8-11-20(12-9-17)28-24(18-6-4-3-5-7-18)23-21-13-10-19(26)14-22(21)29-25(23)30/h3-14,16,23,27H,15H2,1-2H3,(H,29,30). The Morgan fingerprint density at radius 1 is 1.07 bits per heavy atom. The van der Waals surface area contributed by atoms with Crippen molar-refractivity contribution in [2.45, 2.75) is 32.4 Å². The van der Waals surface area contributed by atoms with Gasteiger partial charge >= 0.3 is 0 Å². The zero-order valence-electron chi connectivity index (χ0n) is 17.0. The van der Waals surface area contributed by atoms with Crippen LogP contribution in [0.3, 0.4) is 0 Å².